The van der Waals surface area contributed by atoms with Crippen molar-refractivity contribution in [3.63, 3.8) is 0 Å². The Morgan fingerprint density at radius 2 is 1.29 bits per heavy atom. The van der Waals surface area contributed by atoms with Gasteiger partial charge in [0.15, 0.2) is 30.7 Å². The van der Waals surface area contributed by atoms with E-state index in [1.165, 1.54) is 24.3 Å². The summed E-state index contributed by atoms with van der Waals surface area (Å²) in [6.45, 7) is 1.03. The minimum atomic E-state index is -2.36. The highest BCUT2D eigenvalue weighted by Gasteiger charge is 2.56. The fourth-order valence-electron chi connectivity index (χ4n) is 13.0. The maximum atomic E-state index is 15.2. The zero-order valence-corrected chi connectivity index (χ0v) is 56.5. The van der Waals surface area contributed by atoms with Crippen LogP contribution in [0.3, 0.4) is 0 Å². The third kappa shape index (κ3) is 17.9. The third-order valence-corrected chi connectivity index (χ3v) is 18.9. The molecule has 6 amide bonds. The summed E-state index contributed by atoms with van der Waals surface area (Å²) in [5, 5.41) is 173. The van der Waals surface area contributed by atoms with E-state index >= 15 is 9.59 Å². The normalized spacial score (nSPS) is 35.6. The molecule has 0 radical (unpaired) electrons. The van der Waals surface area contributed by atoms with E-state index in [2.05, 4.69) is 47.9 Å². The second-order valence-corrected chi connectivity index (χ2v) is 26.4. The lowest BCUT2D eigenvalue weighted by atomic mass is 9.92. The molecule has 3 aromatic carbocycles. The van der Waals surface area contributed by atoms with Gasteiger partial charge in [-0.1, -0.05) is 67.1 Å². The molecule has 26 unspecified atom stereocenters. The smallest absolute Gasteiger partial charge is 0.246 e. The molecule has 10 rings (SSSR count). The maximum absolute atomic E-state index is 15.2. The number of carbonyl (C=O) groups excluding carboxylic acids is 6. The number of aliphatic hydroxyl groups is 12. The number of rotatable bonds is 20. The number of nitrogens with zero attached hydrogens (tertiary/aromatic N) is 1. The second kappa shape index (κ2) is 34.7. The molecular formula is C66H90N12O26. The van der Waals surface area contributed by atoms with E-state index in [0.29, 0.717) is 23.5 Å². The average Bonchev–Trinajstić information content (AvgIpc) is 0.874. The van der Waals surface area contributed by atoms with Crippen LogP contribution in [0.25, 0.3) is 0 Å². The van der Waals surface area contributed by atoms with E-state index in [9.17, 15) is 80.5 Å². The van der Waals surface area contributed by atoms with Crippen molar-refractivity contribution < 1.29 is 128 Å². The first kappa shape index (κ1) is 78.2. The number of benzene rings is 3. The average molecular weight is 1470 g/mol. The van der Waals surface area contributed by atoms with Gasteiger partial charge in [0.1, 0.15) is 134 Å². The van der Waals surface area contributed by atoms with Crippen molar-refractivity contribution in [2.75, 3.05) is 52.7 Å². The minimum absolute atomic E-state index is 0.0553. The maximum Gasteiger partial charge on any atom is 0.246 e. The van der Waals surface area contributed by atoms with Gasteiger partial charge in [-0.05, 0) is 55.3 Å². The number of aliphatic hydroxyl groups excluding tert-OH is 12. The molecule has 23 N–H and O–H groups in total. The number of fused-ring (bicyclic) bond motifs is 1. The first-order chi connectivity index (χ1) is 49.7. The molecular weight excluding hydrogens is 1380 g/mol. The number of ether oxygens (including phenoxy) is 8. The van der Waals surface area contributed by atoms with Crippen molar-refractivity contribution in [1.82, 2.24) is 52.8 Å². The molecule has 7 heterocycles. The Kier molecular flexibility index (Phi) is 26.1. The van der Waals surface area contributed by atoms with Crippen molar-refractivity contribution in [2.24, 2.45) is 0 Å². The number of nitrogens with one attached hydrogen (secondary N) is 11. The molecule has 0 saturated carbocycles. The SMILES string of the molecule is CC(C)=CCOc1cccc(C2OCC3OC(OC4C(CO)OC(Oc5ccc(CC6NC(=O)C(C(C)c7ccccc7)NC(=O)CNC(=O)C(CO)NC(=O)C(C(O)C7CNC(=N)N7C7OC(CO)C(O)C(O)C7O)NC(=O)C(C(O)C7CNC(=N)N7)NC6=O)cc5)C(O)C4O)C(O)C(O)C3O2)c1. The first-order valence-electron chi connectivity index (χ1n) is 33.7. The van der Waals surface area contributed by atoms with Crippen LogP contribution >= 0.6 is 0 Å². The van der Waals surface area contributed by atoms with E-state index < -0.39 is 239 Å². The fourth-order valence-corrected chi connectivity index (χ4v) is 13.0. The summed E-state index contributed by atoms with van der Waals surface area (Å²) in [6.07, 6.45) is -29.3. The molecule has 38 heteroatoms. The summed E-state index contributed by atoms with van der Waals surface area (Å²) in [5.74, 6) is -8.71. The molecule has 104 heavy (non-hydrogen) atoms. The van der Waals surface area contributed by atoms with Gasteiger partial charge in [-0.15, -0.1) is 0 Å². The summed E-state index contributed by atoms with van der Waals surface area (Å²) in [7, 11) is 0. The number of guanidine groups is 2. The second-order valence-electron chi connectivity index (χ2n) is 26.4. The van der Waals surface area contributed by atoms with Crippen LogP contribution < -0.4 is 57.3 Å². The predicted molar refractivity (Wildman–Crippen MR) is 353 cm³/mol. The molecule has 7 fully saturated rings. The Morgan fingerprint density at radius 3 is 1.97 bits per heavy atom. The molecule has 26 atom stereocenters. The molecule has 0 spiro atoms. The summed E-state index contributed by atoms with van der Waals surface area (Å²) in [6, 6.07) is 7.82. The van der Waals surface area contributed by atoms with Crippen molar-refractivity contribution in [3.05, 3.63) is 107 Å². The largest absolute Gasteiger partial charge is 0.490 e. The Labute approximate surface area is 594 Å². The first-order valence-corrected chi connectivity index (χ1v) is 33.7. The van der Waals surface area contributed by atoms with Gasteiger partial charge in [-0.2, -0.15) is 0 Å². The molecule has 570 valence electrons. The summed E-state index contributed by atoms with van der Waals surface area (Å²) in [5.41, 5.74) is 2.35. The standard InChI is InChI=1S/C66H90N12O26/c1-27(2)16-17-97-33-11-7-10-31(19-33)62-98-26-40-55(103-62)50(88)53(91)64(102-40)104-54-39(25-81)101-63(52(90)49(54)87)99-32-14-12-29(13-15-32)18-34-57(93)76-43(45(83)35-20-70-65(67)74-35)60(96)77-44(46(84)37-21-71-66(68)78(37)61-51(89)48(86)47(85)38(24-80)100-61)59(95)73-36(23-79)56(92)69-22-41(82)75-42(58(94)72-34)28(3)30-8-5-4-6-9-30/h4-16,19,28,34-40,42-55,61-64,79-81,83-91H,17-18,20-26H2,1-3H3,(H2,68,71)(H,69,92)(H,72,94)(H,73,95)(H,75,82)(H,76,93)(H,77,96)(H3,67,70,74). The van der Waals surface area contributed by atoms with Gasteiger partial charge < -0.3 is 152 Å². The summed E-state index contributed by atoms with van der Waals surface area (Å²) >= 11 is 0. The number of allylic oxidation sites excluding steroid dienone is 1. The van der Waals surface area contributed by atoms with Crippen LogP contribution in [0.4, 0.5) is 0 Å². The lowest BCUT2D eigenvalue weighted by Gasteiger charge is -2.48. The van der Waals surface area contributed by atoms with Gasteiger partial charge in [-0.3, -0.25) is 39.6 Å². The van der Waals surface area contributed by atoms with E-state index in [0.717, 1.165) is 10.5 Å². The van der Waals surface area contributed by atoms with Crippen LogP contribution in [-0.2, 0) is 63.6 Å². The topological polar surface area (TPSA) is 578 Å². The molecule has 0 aliphatic carbocycles. The quantitative estimate of drug-likeness (QED) is 0.0467. The predicted octanol–water partition coefficient (Wildman–Crippen LogP) is -9.09. The molecule has 7 aliphatic rings. The van der Waals surface area contributed by atoms with Crippen LogP contribution in [0.15, 0.2) is 90.5 Å². The highest BCUT2D eigenvalue weighted by molar-refractivity contribution is 5.98. The van der Waals surface area contributed by atoms with Gasteiger partial charge in [0.05, 0.1) is 45.1 Å². The lowest BCUT2D eigenvalue weighted by Crippen LogP contribution is -2.69. The van der Waals surface area contributed by atoms with Crippen LogP contribution in [0.5, 0.6) is 11.5 Å². The highest BCUT2D eigenvalue weighted by atomic mass is 16.8. The van der Waals surface area contributed by atoms with Crippen molar-refractivity contribution in [3.8, 4) is 11.5 Å². The van der Waals surface area contributed by atoms with Gasteiger partial charge in [-0.25, -0.2) is 0 Å². The van der Waals surface area contributed by atoms with Gasteiger partial charge >= 0.3 is 0 Å². The molecule has 0 bridgehead atoms. The van der Waals surface area contributed by atoms with E-state index in [1.54, 1.807) is 61.5 Å². The summed E-state index contributed by atoms with van der Waals surface area (Å²) < 4.78 is 47.4. The van der Waals surface area contributed by atoms with E-state index in [1.807, 2.05) is 19.9 Å². The number of hydrogen-bond donors (Lipinski definition) is 23. The Bertz CT molecular complexity index is 3530. The zero-order chi connectivity index (χ0) is 75.0. The lowest BCUT2D eigenvalue weighted by molar-refractivity contribution is -0.383. The molecule has 7 aliphatic heterocycles. The minimum Gasteiger partial charge on any atom is -0.490 e. The van der Waals surface area contributed by atoms with Gasteiger partial charge in [0.25, 0.3) is 0 Å². The highest BCUT2D eigenvalue weighted by Crippen LogP contribution is 2.38. The van der Waals surface area contributed by atoms with E-state index in [4.69, 9.17) is 48.7 Å². The number of amides is 6. The Hall–Kier alpha value is -8.36. The van der Waals surface area contributed by atoms with Crippen LogP contribution in [0.2, 0.25) is 0 Å². The third-order valence-electron chi connectivity index (χ3n) is 18.9. The number of carbonyl (C=O) groups is 6. The van der Waals surface area contributed by atoms with Crippen LogP contribution in [0, 0.1) is 10.8 Å². The monoisotopic (exact) mass is 1470 g/mol. The summed E-state index contributed by atoms with van der Waals surface area (Å²) in [4.78, 5) is 88.5. The Morgan fingerprint density at radius 1 is 0.615 bits per heavy atom. The van der Waals surface area contributed by atoms with Crippen molar-refractivity contribution >= 4 is 47.4 Å². The molecule has 38 nitrogen and oxygen atoms in total. The fraction of sp³-hybridized carbons (Fsp3) is 0.576. The Balaban J connectivity index is 0.888. The van der Waals surface area contributed by atoms with Crippen molar-refractivity contribution in [1.29, 1.82) is 10.8 Å². The molecule has 7 saturated heterocycles. The van der Waals surface area contributed by atoms with Crippen molar-refractivity contribution in [2.45, 2.75) is 186 Å². The zero-order valence-electron chi connectivity index (χ0n) is 56.5. The number of hydrogen-bond acceptors (Lipinski definition) is 28. The molecule has 0 aromatic heterocycles. The van der Waals surface area contributed by atoms with Crippen LogP contribution in [0.1, 0.15) is 49.7 Å². The van der Waals surface area contributed by atoms with Crippen LogP contribution in [-0.4, -0.2) is 313 Å². The van der Waals surface area contributed by atoms with E-state index in [-0.39, 0.29) is 30.4 Å². The van der Waals surface area contributed by atoms with Gasteiger partial charge in [0.2, 0.25) is 41.7 Å². The van der Waals surface area contributed by atoms with Gasteiger partial charge in [0, 0.05) is 31.0 Å². The molecule has 3 aromatic rings.